The summed E-state index contributed by atoms with van der Waals surface area (Å²) in [6.45, 7) is 2.19. The van der Waals surface area contributed by atoms with Crippen LogP contribution in [0.1, 0.15) is 71.1 Å². The fourth-order valence-electron chi connectivity index (χ4n) is 2.16. The van der Waals surface area contributed by atoms with E-state index in [1.165, 1.54) is 25.7 Å². The van der Waals surface area contributed by atoms with Crippen molar-refractivity contribution in [2.45, 2.75) is 83.3 Å². The van der Waals surface area contributed by atoms with Crippen LogP contribution >= 0.6 is 0 Å². The summed E-state index contributed by atoms with van der Waals surface area (Å²) >= 11 is 0. The molecule has 0 fully saturated rings. The molecule has 22 heavy (non-hydrogen) atoms. The molecule has 0 radical (unpaired) electrons. The molecule has 0 amide bonds. The summed E-state index contributed by atoms with van der Waals surface area (Å²) in [5, 5.41) is 28.1. The second kappa shape index (κ2) is 14.8. The van der Waals surface area contributed by atoms with Gasteiger partial charge in [-0.05, 0) is 19.3 Å². The van der Waals surface area contributed by atoms with Crippen LogP contribution in [0.3, 0.4) is 0 Å². The van der Waals surface area contributed by atoms with Gasteiger partial charge in [0.1, 0.15) is 0 Å². The maximum absolute atomic E-state index is 10.3. The van der Waals surface area contributed by atoms with E-state index in [9.17, 15) is 15.0 Å². The predicted molar refractivity (Wildman–Crippen MR) is 89.8 cm³/mol. The molecule has 128 valence electrons. The maximum atomic E-state index is 10.3. The van der Waals surface area contributed by atoms with Gasteiger partial charge in [-0.25, -0.2) is 0 Å². The SMILES string of the molecule is CCCCCCCCC(O)C(O)/C=C/C=C\CCCC(=O)O. The van der Waals surface area contributed by atoms with Crippen molar-refractivity contribution in [1.29, 1.82) is 0 Å². The van der Waals surface area contributed by atoms with E-state index in [0.717, 1.165) is 12.8 Å². The number of unbranched alkanes of at least 4 members (excludes halogenated alkanes) is 6. The highest BCUT2D eigenvalue weighted by Crippen LogP contribution is 2.11. The van der Waals surface area contributed by atoms with E-state index in [1.807, 2.05) is 6.08 Å². The molecular formula is C18H32O4. The molecule has 0 spiro atoms. The maximum Gasteiger partial charge on any atom is 0.303 e. The molecule has 0 saturated heterocycles. The quantitative estimate of drug-likeness (QED) is 0.336. The first-order chi connectivity index (χ1) is 10.6. The minimum Gasteiger partial charge on any atom is -0.481 e. The highest BCUT2D eigenvalue weighted by Gasteiger charge is 2.11. The number of carbonyl (C=O) groups is 1. The summed E-state index contributed by atoms with van der Waals surface area (Å²) < 4.78 is 0. The van der Waals surface area contributed by atoms with E-state index in [-0.39, 0.29) is 6.42 Å². The fraction of sp³-hybridized carbons (Fsp3) is 0.722. The van der Waals surface area contributed by atoms with Gasteiger partial charge in [-0.15, -0.1) is 0 Å². The van der Waals surface area contributed by atoms with Crippen LogP contribution in [0.4, 0.5) is 0 Å². The van der Waals surface area contributed by atoms with Gasteiger partial charge in [0.25, 0.3) is 0 Å². The van der Waals surface area contributed by atoms with E-state index >= 15 is 0 Å². The Morgan fingerprint density at radius 2 is 1.68 bits per heavy atom. The lowest BCUT2D eigenvalue weighted by Crippen LogP contribution is -2.23. The summed E-state index contributed by atoms with van der Waals surface area (Å²) in [7, 11) is 0. The van der Waals surface area contributed by atoms with Crippen LogP contribution in [0, 0.1) is 0 Å². The third-order valence-corrected chi connectivity index (χ3v) is 3.56. The molecule has 0 rings (SSSR count). The second-order valence-corrected chi connectivity index (χ2v) is 5.71. The van der Waals surface area contributed by atoms with Crippen molar-refractivity contribution in [2.24, 2.45) is 0 Å². The van der Waals surface area contributed by atoms with Crippen molar-refractivity contribution >= 4 is 5.97 Å². The molecule has 2 unspecified atom stereocenters. The lowest BCUT2D eigenvalue weighted by Gasteiger charge is -2.14. The van der Waals surface area contributed by atoms with Gasteiger partial charge in [-0.3, -0.25) is 4.79 Å². The van der Waals surface area contributed by atoms with Crippen LogP contribution in [-0.4, -0.2) is 33.5 Å². The zero-order valence-electron chi connectivity index (χ0n) is 13.8. The van der Waals surface area contributed by atoms with E-state index in [2.05, 4.69) is 6.92 Å². The number of carboxylic acid groups (broad SMARTS) is 1. The number of aliphatic hydroxyl groups is 2. The first-order valence-corrected chi connectivity index (χ1v) is 8.49. The highest BCUT2D eigenvalue weighted by atomic mass is 16.4. The fourth-order valence-corrected chi connectivity index (χ4v) is 2.16. The summed E-state index contributed by atoms with van der Waals surface area (Å²) in [6.07, 6.45) is 14.5. The number of rotatable bonds is 14. The van der Waals surface area contributed by atoms with Crippen molar-refractivity contribution in [2.75, 3.05) is 0 Å². The van der Waals surface area contributed by atoms with Crippen LogP contribution in [-0.2, 0) is 4.79 Å². The molecule has 0 aliphatic carbocycles. The number of carboxylic acids is 1. The third kappa shape index (κ3) is 13.8. The van der Waals surface area contributed by atoms with E-state index in [1.54, 1.807) is 18.2 Å². The van der Waals surface area contributed by atoms with Crippen LogP contribution in [0.5, 0.6) is 0 Å². The van der Waals surface area contributed by atoms with Gasteiger partial charge in [-0.1, -0.05) is 69.8 Å². The van der Waals surface area contributed by atoms with Crippen molar-refractivity contribution < 1.29 is 20.1 Å². The van der Waals surface area contributed by atoms with Crippen LogP contribution in [0.15, 0.2) is 24.3 Å². The zero-order chi connectivity index (χ0) is 16.6. The lowest BCUT2D eigenvalue weighted by molar-refractivity contribution is -0.137. The van der Waals surface area contributed by atoms with Gasteiger partial charge in [0.2, 0.25) is 0 Å². The van der Waals surface area contributed by atoms with Crippen molar-refractivity contribution in [3.8, 4) is 0 Å². The number of aliphatic carboxylic acids is 1. The largest absolute Gasteiger partial charge is 0.481 e. The van der Waals surface area contributed by atoms with Crippen molar-refractivity contribution in [3.05, 3.63) is 24.3 Å². The van der Waals surface area contributed by atoms with E-state index in [0.29, 0.717) is 19.3 Å². The molecule has 0 aromatic carbocycles. The van der Waals surface area contributed by atoms with Gasteiger partial charge in [-0.2, -0.15) is 0 Å². The normalized spacial score (nSPS) is 14.7. The van der Waals surface area contributed by atoms with Gasteiger partial charge < -0.3 is 15.3 Å². The molecule has 0 bridgehead atoms. The van der Waals surface area contributed by atoms with E-state index in [4.69, 9.17) is 5.11 Å². The predicted octanol–water partition coefficient (Wildman–Crippen LogP) is 3.83. The summed E-state index contributed by atoms with van der Waals surface area (Å²) in [5.74, 6) is -0.780. The molecular weight excluding hydrogens is 280 g/mol. The second-order valence-electron chi connectivity index (χ2n) is 5.71. The molecule has 0 aliphatic rings. The molecule has 3 N–H and O–H groups in total. The Balaban J connectivity index is 3.66. The molecule has 4 nitrogen and oxygen atoms in total. The molecule has 2 atom stereocenters. The summed E-state index contributed by atoms with van der Waals surface area (Å²) in [6, 6.07) is 0. The summed E-state index contributed by atoms with van der Waals surface area (Å²) in [5.41, 5.74) is 0. The van der Waals surface area contributed by atoms with Gasteiger partial charge in [0, 0.05) is 6.42 Å². The van der Waals surface area contributed by atoms with E-state index < -0.39 is 18.2 Å². The molecule has 0 heterocycles. The zero-order valence-corrected chi connectivity index (χ0v) is 13.8. The van der Waals surface area contributed by atoms with Crippen LogP contribution < -0.4 is 0 Å². The first-order valence-electron chi connectivity index (χ1n) is 8.49. The van der Waals surface area contributed by atoms with Gasteiger partial charge >= 0.3 is 5.97 Å². The highest BCUT2D eigenvalue weighted by molar-refractivity contribution is 5.66. The van der Waals surface area contributed by atoms with Crippen molar-refractivity contribution in [1.82, 2.24) is 0 Å². The Hall–Kier alpha value is -1.13. The molecule has 0 aliphatic heterocycles. The van der Waals surface area contributed by atoms with Gasteiger partial charge in [0.15, 0.2) is 0 Å². The lowest BCUT2D eigenvalue weighted by atomic mass is 10.0. The Morgan fingerprint density at radius 3 is 2.36 bits per heavy atom. The average Bonchev–Trinajstić information content (AvgIpc) is 2.49. The monoisotopic (exact) mass is 312 g/mol. The molecule has 0 aromatic heterocycles. The molecule has 0 aromatic rings. The topological polar surface area (TPSA) is 77.8 Å². The molecule has 0 saturated carbocycles. The standard InChI is InChI=1S/C18H32O4/c1-2-3-4-5-7-10-13-16(19)17(20)14-11-8-6-9-12-15-18(21)22/h6,8,11,14,16-17,19-20H,2-5,7,9-10,12-13,15H2,1H3,(H,21,22)/b8-6-,14-11+. The van der Waals surface area contributed by atoms with Gasteiger partial charge in [0.05, 0.1) is 12.2 Å². The smallest absolute Gasteiger partial charge is 0.303 e. The number of aliphatic hydroxyl groups excluding tert-OH is 2. The summed E-state index contributed by atoms with van der Waals surface area (Å²) in [4.78, 5) is 10.3. The Bertz CT molecular complexity index is 323. The third-order valence-electron chi connectivity index (χ3n) is 3.56. The van der Waals surface area contributed by atoms with Crippen molar-refractivity contribution in [3.63, 3.8) is 0 Å². The first kappa shape index (κ1) is 20.9. The number of hydrogen-bond acceptors (Lipinski definition) is 3. The van der Waals surface area contributed by atoms with Crippen LogP contribution in [0.25, 0.3) is 0 Å². The average molecular weight is 312 g/mol. The Labute approximate surface area is 134 Å². The minimum atomic E-state index is -0.834. The van der Waals surface area contributed by atoms with Crippen LogP contribution in [0.2, 0.25) is 0 Å². The Morgan fingerprint density at radius 1 is 1.00 bits per heavy atom. The Kier molecular flexibility index (Phi) is 14.0. The number of hydrogen-bond donors (Lipinski definition) is 3. The molecule has 4 heteroatoms. The number of allylic oxidation sites excluding steroid dienone is 3. The minimum absolute atomic E-state index is 0.174.